The SMILES string of the molecule is CCC(C)c1ccc(OCC(=O)NNC(=S)NC(=O)c2cccc([N+](=O)[O-])c2)cc1. The number of non-ortho nitro benzene ring substituents is 1. The van der Waals surface area contributed by atoms with E-state index < -0.39 is 16.7 Å². The van der Waals surface area contributed by atoms with E-state index in [1.165, 1.54) is 23.8 Å². The summed E-state index contributed by atoms with van der Waals surface area (Å²) in [6.45, 7) is 4.00. The zero-order valence-corrected chi connectivity index (χ0v) is 17.3. The van der Waals surface area contributed by atoms with E-state index in [-0.39, 0.29) is 23.0 Å². The quantitative estimate of drug-likeness (QED) is 0.351. The molecule has 1 unspecified atom stereocenters. The molecule has 2 amide bonds. The van der Waals surface area contributed by atoms with Crippen LogP contribution in [0.15, 0.2) is 48.5 Å². The minimum Gasteiger partial charge on any atom is -0.484 e. The van der Waals surface area contributed by atoms with Crippen molar-refractivity contribution in [2.24, 2.45) is 0 Å². The molecule has 0 saturated carbocycles. The van der Waals surface area contributed by atoms with Gasteiger partial charge in [0.05, 0.1) is 4.92 Å². The Labute approximate surface area is 178 Å². The van der Waals surface area contributed by atoms with Crippen molar-refractivity contribution >= 4 is 34.8 Å². The van der Waals surface area contributed by atoms with Crippen LogP contribution in [-0.2, 0) is 4.79 Å². The van der Waals surface area contributed by atoms with Crippen molar-refractivity contribution in [3.05, 3.63) is 69.8 Å². The number of nitro groups is 1. The van der Waals surface area contributed by atoms with Crippen LogP contribution in [0, 0.1) is 10.1 Å². The molecule has 0 heterocycles. The smallest absolute Gasteiger partial charge is 0.276 e. The van der Waals surface area contributed by atoms with Gasteiger partial charge in [-0.25, -0.2) is 0 Å². The summed E-state index contributed by atoms with van der Waals surface area (Å²) < 4.78 is 5.41. The van der Waals surface area contributed by atoms with Gasteiger partial charge in [0.15, 0.2) is 11.7 Å². The Kier molecular flexibility index (Phi) is 8.24. The molecule has 10 heteroatoms. The lowest BCUT2D eigenvalue weighted by Crippen LogP contribution is -2.49. The first kappa shape index (κ1) is 22.8. The Balaban J connectivity index is 1.76. The fourth-order valence-electron chi connectivity index (χ4n) is 2.41. The van der Waals surface area contributed by atoms with E-state index in [1.54, 1.807) is 12.1 Å². The number of hydrazine groups is 1. The third-order valence-electron chi connectivity index (χ3n) is 4.29. The monoisotopic (exact) mass is 430 g/mol. The van der Waals surface area contributed by atoms with E-state index in [9.17, 15) is 19.7 Å². The normalized spacial score (nSPS) is 11.1. The summed E-state index contributed by atoms with van der Waals surface area (Å²) >= 11 is 4.93. The number of benzene rings is 2. The Hall–Kier alpha value is -3.53. The Morgan fingerprint density at radius 3 is 2.50 bits per heavy atom. The largest absolute Gasteiger partial charge is 0.484 e. The molecule has 1 atom stereocenters. The second-order valence-electron chi connectivity index (χ2n) is 6.43. The van der Waals surface area contributed by atoms with Crippen LogP contribution in [0.4, 0.5) is 5.69 Å². The Bertz CT molecular complexity index is 933. The van der Waals surface area contributed by atoms with E-state index in [2.05, 4.69) is 30.0 Å². The van der Waals surface area contributed by atoms with E-state index >= 15 is 0 Å². The van der Waals surface area contributed by atoms with Crippen molar-refractivity contribution in [3.63, 3.8) is 0 Å². The van der Waals surface area contributed by atoms with Gasteiger partial charge in [0.2, 0.25) is 0 Å². The molecule has 0 aromatic heterocycles. The third kappa shape index (κ3) is 6.82. The van der Waals surface area contributed by atoms with Gasteiger partial charge in [0.1, 0.15) is 5.75 Å². The number of carbonyl (C=O) groups excluding carboxylic acids is 2. The number of nitrogens with zero attached hydrogens (tertiary/aromatic N) is 1. The number of nitro benzene ring substituents is 1. The molecule has 2 aromatic rings. The summed E-state index contributed by atoms with van der Waals surface area (Å²) in [5.74, 6) is -0.153. The van der Waals surface area contributed by atoms with Crippen LogP contribution in [0.1, 0.15) is 42.1 Å². The number of carbonyl (C=O) groups is 2. The van der Waals surface area contributed by atoms with Gasteiger partial charge in [-0.3, -0.25) is 35.9 Å². The Morgan fingerprint density at radius 2 is 1.87 bits per heavy atom. The number of nitrogens with one attached hydrogen (secondary N) is 3. The zero-order valence-electron chi connectivity index (χ0n) is 16.5. The predicted molar refractivity (Wildman–Crippen MR) is 115 cm³/mol. The topological polar surface area (TPSA) is 123 Å². The fourth-order valence-corrected chi connectivity index (χ4v) is 2.55. The number of thiocarbonyl (C=S) groups is 1. The van der Waals surface area contributed by atoms with Crippen LogP contribution in [-0.4, -0.2) is 28.5 Å². The third-order valence-corrected chi connectivity index (χ3v) is 4.50. The van der Waals surface area contributed by atoms with Gasteiger partial charge in [-0.1, -0.05) is 32.0 Å². The standard InChI is InChI=1S/C20H22N4O5S/c1-3-13(2)14-7-9-17(10-8-14)29-12-18(25)22-23-20(30)21-19(26)15-5-4-6-16(11-15)24(27)28/h4-11,13H,3,12H2,1-2H3,(H,22,25)(H2,21,23,26,30). The van der Waals surface area contributed by atoms with Crippen LogP contribution in [0.2, 0.25) is 0 Å². The lowest BCUT2D eigenvalue weighted by molar-refractivity contribution is -0.384. The molecule has 0 aliphatic carbocycles. The van der Waals surface area contributed by atoms with Crippen molar-refractivity contribution in [3.8, 4) is 5.75 Å². The first-order valence-corrected chi connectivity index (χ1v) is 9.58. The minimum absolute atomic E-state index is 0.0591. The first-order chi connectivity index (χ1) is 14.3. The number of amides is 2. The number of ether oxygens (including phenoxy) is 1. The molecule has 0 saturated heterocycles. The van der Waals surface area contributed by atoms with Crippen molar-refractivity contribution in [1.29, 1.82) is 0 Å². The van der Waals surface area contributed by atoms with Gasteiger partial charge in [0, 0.05) is 17.7 Å². The van der Waals surface area contributed by atoms with Crippen molar-refractivity contribution in [2.75, 3.05) is 6.61 Å². The van der Waals surface area contributed by atoms with E-state index in [0.29, 0.717) is 11.7 Å². The van der Waals surface area contributed by atoms with Crippen LogP contribution in [0.5, 0.6) is 5.75 Å². The van der Waals surface area contributed by atoms with Crippen LogP contribution in [0.3, 0.4) is 0 Å². The summed E-state index contributed by atoms with van der Waals surface area (Å²) in [6.07, 6.45) is 1.03. The predicted octanol–water partition coefficient (Wildman–Crippen LogP) is 2.82. The molecule has 0 bridgehead atoms. The maximum Gasteiger partial charge on any atom is 0.276 e. The summed E-state index contributed by atoms with van der Waals surface area (Å²) in [7, 11) is 0. The molecule has 0 aliphatic rings. The molecule has 0 spiro atoms. The van der Waals surface area contributed by atoms with E-state index in [4.69, 9.17) is 17.0 Å². The number of hydrogen-bond acceptors (Lipinski definition) is 6. The molecular formula is C20H22N4O5S. The van der Waals surface area contributed by atoms with Gasteiger partial charge in [-0.05, 0) is 48.3 Å². The lowest BCUT2D eigenvalue weighted by atomic mass is 9.99. The van der Waals surface area contributed by atoms with Gasteiger partial charge >= 0.3 is 0 Å². The maximum atomic E-state index is 12.1. The second kappa shape index (κ2) is 10.9. The van der Waals surface area contributed by atoms with E-state index in [1.807, 2.05) is 12.1 Å². The maximum absolute atomic E-state index is 12.1. The number of rotatable bonds is 7. The average Bonchev–Trinajstić information content (AvgIpc) is 2.76. The molecule has 30 heavy (non-hydrogen) atoms. The van der Waals surface area contributed by atoms with Gasteiger partial charge in [0.25, 0.3) is 17.5 Å². The summed E-state index contributed by atoms with van der Waals surface area (Å²) in [5, 5.41) is 12.9. The van der Waals surface area contributed by atoms with E-state index in [0.717, 1.165) is 12.5 Å². The van der Waals surface area contributed by atoms with Crippen molar-refractivity contribution in [2.45, 2.75) is 26.2 Å². The molecule has 2 aromatic carbocycles. The van der Waals surface area contributed by atoms with Gasteiger partial charge in [-0.15, -0.1) is 0 Å². The zero-order chi connectivity index (χ0) is 22.1. The molecule has 3 N–H and O–H groups in total. The summed E-state index contributed by atoms with van der Waals surface area (Å²) in [6, 6.07) is 12.7. The highest BCUT2D eigenvalue weighted by molar-refractivity contribution is 7.80. The van der Waals surface area contributed by atoms with Crippen molar-refractivity contribution in [1.82, 2.24) is 16.2 Å². The van der Waals surface area contributed by atoms with Gasteiger partial charge in [-0.2, -0.15) is 0 Å². The van der Waals surface area contributed by atoms with Crippen LogP contribution < -0.4 is 20.9 Å². The average molecular weight is 430 g/mol. The highest BCUT2D eigenvalue weighted by atomic mass is 32.1. The fraction of sp³-hybridized carbons (Fsp3) is 0.250. The highest BCUT2D eigenvalue weighted by Crippen LogP contribution is 2.21. The minimum atomic E-state index is -0.650. The van der Waals surface area contributed by atoms with Crippen LogP contribution >= 0.6 is 12.2 Å². The molecule has 2 rings (SSSR count). The Morgan fingerprint density at radius 1 is 1.17 bits per heavy atom. The molecule has 0 aliphatic heterocycles. The molecule has 0 radical (unpaired) electrons. The van der Waals surface area contributed by atoms with Gasteiger partial charge < -0.3 is 4.74 Å². The van der Waals surface area contributed by atoms with Crippen LogP contribution in [0.25, 0.3) is 0 Å². The number of hydrogen-bond donors (Lipinski definition) is 3. The molecule has 158 valence electrons. The van der Waals surface area contributed by atoms with Crippen molar-refractivity contribution < 1.29 is 19.2 Å². The second-order valence-corrected chi connectivity index (χ2v) is 6.84. The highest BCUT2D eigenvalue weighted by Gasteiger charge is 2.13. The summed E-state index contributed by atoms with van der Waals surface area (Å²) in [5.41, 5.74) is 5.71. The molecule has 9 nitrogen and oxygen atoms in total. The molecule has 0 fully saturated rings. The lowest BCUT2D eigenvalue weighted by Gasteiger charge is -2.12. The first-order valence-electron chi connectivity index (χ1n) is 9.17. The molecular weight excluding hydrogens is 408 g/mol. The summed E-state index contributed by atoms with van der Waals surface area (Å²) in [4.78, 5) is 34.1.